The minimum atomic E-state index is -0.951. The van der Waals surface area contributed by atoms with Crippen LogP contribution >= 0.6 is 11.6 Å². The van der Waals surface area contributed by atoms with Gasteiger partial charge >= 0.3 is 0 Å². The number of benzene rings is 2. The molecule has 1 amide bonds. The van der Waals surface area contributed by atoms with E-state index in [1.807, 2.05) is 55.1 Å². The highest BCUT2D eigenvalue weighted by Crippen LogP contribution is 2.33. The number of nitrogens with one attached hydrogen (secondary N) is 1. The normalized spacial score (nSPS) is 16.1. The minimum Gasteiger partial charge on any atom is -0.506 e. The van der Waals surface area contributed by atoms with E-state index in [1.54, 1.807) is 12.1 Å². The predicted octanol–water partition coefficient (Wildman–Crippen LogP) is 3.63. The van der Waals surface area contributed by atoms with Crippen molar-refractivity contribution in [2.75, 3.05) is 19.6 Å². The van der Waals surface area contributed by atoms with Crippen LogP contribution < -0.4 is 5.32 Å². The first kappa shape index (κ1) is 30.0. The van der Waals surface area contributed by atoms with Crippen LogP contribution in [0.1, 0.15) is 60.9 Å². The SMILES string of the molecule is CC(C)(Cc1cccc(CC(=O)N2CCC(O)(c3ccc(Cl)cc3)CC2)c1)NCC(O)c1ccc(O)c(CO)n1. The highest BCUT2D eigenvalue weighted by atomic mass is 35.5. The summed E-state index contributed by atoms with van der Waals surface area (Å²) in [6, 6.07) is 18.2. The zero-order valence-electron chi connectivity index (χ0n) is 23.0. The quantitative estimate of drug-likeness (QED) is 0.253. The second-order valence-electron chi connectivity index (χ2n) is 11.2. The molecule has 1 atom stereocenters. The largest absolute Gasteiger partial charge is 0.506 e. The van der Waals surface area contributed by atoms with Crippen LogP contribution in [0.5, 0.6) is 5.75 Å². The molecule has 1 saturated heterocycles. The van der Waals surface area contributed by atoms with Crippen molar-refractivity contribution in [3.05, 3.63) is 93.8 Å². The number of piperidine rings is 1. The average Bonchev–Trinajstić information content (AvgIpc) is 2.92. The van der Waals surface area contributed by atoms with Crippen molar-refractivity contribution in [2.24, 2.45) is 0 Å². The number of pyridine rings is 1. The number of hydrogen-bond acceptors (Lipinski definition) is 7. The fourth-order valence-electron chi connectivity index (χ4n) is 5.17. The van der Waals surface area contributed by atoms with Crippen LogP contribution in [0.2, 0.25) is 5.02 Å². The van der Waals surface area contributed by atoms with Gasteiger partial charge in [-0.25, -0.2) is 4.98 Å². The fourth-order valence-corrected chi connectivity index (χ4v) is 5.30. The first-order chi connectivity index (χ1) is 19.0. The van der Waals surface area contributed by atoms with Crippen LogP contribution in [-0.4, -0.2) is 61.4 Å². The number of carbonyl (C=O) groups is 1. The van der Waals surface area contributed by atoms with Gasteiger partial charge < -0.3 is 30.6 Å². The van der Waals surface area contributed by atoms with Gasteiger partial charge in [-0.2, -0.15) is 0 Å². The number of nitrogens with zero attached hydrogens (tertiary/aromatic N) is 2. The number of aliphatic hydroxyl groups is 3. The molecule has 0 radical (unpaired) electrons. The molecule has 1 unspecified atom stereocenters. The number of rotatable bonds is 10. The second-order valence-corrected chi connectivity index (χ2v) is 11.7. The number of likely N-dealkylation sites (tertiary alicyclic amines) is 1. The zero-order chi connectivity index (χ0) is 28.9. The highest BCUT2D eigenvalue weighted by Gasteiger charge is 2.35. The third-order valence-corrected chi connectivity index (χ3v) is 7.81. The van der Waals surface area contributed by atoms with Gasteiger partial charge in [-0.3, -0.25) is 4.79 Å². The maximum absolute atomic E-state index is 13.1. The van der Waals surface area contributed by atoms with Crippen LogP contribution in [0.4, 0.5) is 0 Å². The van der Waals surface area contributed by atoms with Gasteiger partial charge in [0, 0.05) is 30.2 Å². The maximum Gasteiger partial charge on any atom is 0.226 e. The minimum absolute atomic E-state index is 0.0412. The van der Waals surface area contributed by atoms with Gasteiger partial charge in [0.25, 0.3) is 0 Å². The van der Waals surface area contributed by atoms with Crippen molar-refractivity contribution in [1.82, 2.24) is 15.2 Å². The standard InChI is InChI=1S/C31H38ClN3O5/c1-30(2,33-19-28(38)25-10-11-27(37)26(20-36)34-25)18-22-5-3-4-21(16-22)17-29(39)35-14-12-31(40,13-15-35)23-6-8-24(32)9-7-23/h3-11,16,28,33,36-38,40H,12-15,17-20H2,1-2H3. The van der Waals surface area contributed by atoms with E-state index in [4.69, 9.17) is 11.6 Å². The molecule has 3 aromatic rings. The Morgan fingerprint density at radius 1 is 1.10 bits per heavy atom. The van der Waals surface area contributed by atoms with Crippen molar-refractivity contribution in [3.63, 3.8) is 0 Å². The molecular formula is C31H38ClN3O5. The molecule has 1 aliphatic heterocycles. The topological polar surface area (TPSA) is 126 Å². The third kappa shape index (κ3) is 7.59. The molecule has 9 heteroatoms. The molecule has 0 saturated carbocycles. The number of carbonyl (C=O) groups excluding carboxylic acids is 1. The molecule has 1 aliphatic rings. The van der Waals surface area contributed by atoms with Crippen molar-refractivity contribution in [1.29, 1.82) is 0 Å². The Morgan fingerprint density at radius 3 is 2.45 bits per heavy atom. The number of aromatic hydroxyl groups is 1. The molecular weight excluding hydrogens is 530 g/mol. The number of aromatic nitrogens is 1. The molecule has 1 aromatic heterocycles. The first-order valence-electron chi connectivity index (χ1n) is 13.5. The Bertz CT molecular complexity index is 1310. The Labute approximate surface area is 240 Å². The Morgan fingerprint density at radius 2 is 1.77 bits per heavy atom. The Kier molecular flexibility index (Phi) is 9.48. The summed E-state index contributed by atoms with van der Waals surface area (Å²) in [5.41, 5.74) is 2.01. The van der Waals surface area contributed by atoms with Gasteiger partial charge in [0.15, 0.2) is 0 Å². The van der Waals surface area contributed by atoms with E-state index in [0.29, 0.717) is 49.5 Å². The summed E-state index contributed by atoms with van der Waals surface area (Å²) >= 11 is 5.98. The summed E-state index contributed by atoms with van der Waals surface area (Å²) in [7, 11) is 0. The van der Waals surface area contributed by atoms with Crippen LogP contribution in [0.15, 0.2) is 60.7 Å². The van der Waals surface area contributed by atoms with E-state index in [-0.39, 0.29) is 29.4 Å². The molecule has 5 N–H and O–H groups in total. The summed E-state index contributed by atoms with van der Waals surface area (Å²) in [5.74, 6) is -0.0655. The van der Waals surface area contributed by atoms with Crippen molar-refractivity contribution in [3.8, 4) is 5.75 Å². The average molecular weight is 568 g/mol. The summed E-state index contributed by atoms with van der Waals surface area (Å²) in [4.78, 5) is 19.0. The van der Waals surface area contributed by atoms with E-state index >= 15 is 0 Å². The summed E-state index contributed by atoms with van der Waals surface area (Å²) < 4.78 is 0. The summed E-state index contributed by atoms with van der Waals surface area (Å²) in [6.07, 6.45) is 1.01. The second kappa shape index (κ2) is 12.7. The van der Waals surface area contributed by atoms with E-state index in [2.05, 4.69) is 10.3 Å². The molecule has 214 valence electrons. The zero-order valence-corrected chi connectivity index (χ0v) is 23.7. The van der Waals surface area contributed by atoms with Crippen LogP contribution in [0.25, 0.3) is 0 Å². The van der Waals surface area contributed by atoms with E-state index < -0.39 is 18.3 Å². The Hall–Kier alpha value is -3.01. The van der Waals surface area contributed by atoms with Crippen molar-refractivity contribution >= 4 is 17.5 Å². The lowest BCUT2D eigenvalue weighted by atomic mass is 9.84. The molecule has 2 aromatic carbocycles. The molecule has 2 heterocycles. The fraction of sp³-hybridized carbons (Fsp3) is 0.419. The Balaban J connectivity index is 1.30. The number of hydrogen-bond donors (Lipinski definition) is 5. The van der Waals surface area contributed by atoms with Gasteiger partial charge in [-0.1, -0.05) is 48.0 Å². The summed E-state index contributed by atoms with van der Waals surface area (Å²) in [5, 5.41) is 44.7. The summed E-state index contributed by atoms with van der Waals surface area (Å²) in [6.45, 7) is 4.89. The van der Waals surface area contributed by atoms with Gasteiger partial charge in [-0.05, 0) is 74.1 Å². The number of aliphatic hydroxyl groups excluding tert-OH is 2. The van der Waals surface area contributed by atoms with Gasteiger partial charge in [0.2, 0.25) is 5.91 Å². The van der Waals surface area contributed by atoms with Gasteiger partial charge in [0.05, 0.1) is 24.3 Å². The smallest absolute Gasteiger partial charge is 0.226 e. The van der Waals surface area contributed by atoms with E-state index in [1.165, 1.54) is 12.1 Å². The lowest BCUT2D eigenvalue weighted by Gasteiger charge is -2.38. The number of amides is 1. The number of halogens is 1. The molecule has 0 spiro atoms. The maximum atomic E-state index is 13.1. The van der Waals surface area contributed by atoms with E-state index in [9.17, 15) is 25.2 Å². The predicted molar refractivity (Wildman–Crippen MR) is 154 cm³/mol. The molecule has 1 fully saturated rings. The van der Waals surface area contributed by atoms with Gasteiger partial charge in [-0.15, -0.1) is 0 Å². The van der Waals surface area contributed by atoms with Crippen molar-refractivity contribution in [2.45, 2.75) is 63.4 Å². The first-order valence-corrected chi connectivity index (χ1v) is 13.9. The van der Waals surface area contributed by atoms with Crippen LogP contribution in [0.3, 0.4) is 0 Å². The molecule has 0 bridgehead atoms. The van der Waals surface area contributed by atoms with Gasteiger partial charge in [0.1, 0.15) is 17.5 Å². The molecule has 0 aliphatic carbocycles. The molecule has 40 heavy (non-hydrogen) atoms. The van der Waals surface area contributed by atoms with E-state index in [0.717, 1.165) is 16.7 Å². The molecule has 8 nitrogen and oxygen atoms in total. The number of β-amino-alcohol motifs (C(OH)–C–C–N with tert-alkyl or cyclic N) is 1. The third-order valence-electron chi connectivity index (χ3n) is 7.55. The highest BCUT2D eigenvalue weighted by molar-refractivity contribution is 6.30. The lowest BCUT2D eigenvalue weighted by molar-refractivity contribution is -0.135. The van der Waals surface area contributed by atoms with Crippen molar-refractivity contribution < 1.29 is 25.2 Å². The molecule has 4 rings (SSSR count). The van der Waals surface area contributed by atoms with Crippen LogP contribution in [0, 0.1) is 0 Å². The monoisotopic (exact) mass is 567 g/mol. The van der Waals surface area contributed by atoms with Crippen LogP contribution in [-0.2, 0) is 29.8 Å². The lowest BCUT2D eigenvalue weighted by Crippen LogP contribution is -2.45.